The molecule has 30 heavy (non-hydrogen) atoms. The molecule has 2 atom stereocenters. The van der Waals surface area contributed by atoms with E-state index < -0.39 is 17.1 Å². The predicted molar refractivity (Wildman–Crippen MR) is 137 cm³/mol. The van der Waals surface area contributed by atoms with E-state index in [1.807, 2.05) is 0 Å². The van der Waals surface area contributed by atoms with E-state index in [2.05, 4.69) is 76.8 Å². The molecule has 1 aromatic carbocycles. The van der Waals surface area contributed by atoms with Gasteiger partial charge in [0.1, 0.15) is 0 Å². The molecule has 0 aliphatic heterocycles. The van der Waals surface area contributed by atoms with Gasteiger partial charge in [-0.2, -0.15) is 0 Å². The molecule has 0 saturated heterocycles. The molecule has 1 radical (unpaired) electrons. The number of benzene rings is 1. The van der Waals surface area contributed by atoms with Crippen molar-refractivity contribution in [3.8, 4) is 0 Å². The minimum atomic E-state index is -1.76. The lowest BCUT2D eigenvalue weighted by molar-refractivity contribution is 0.114. The lowest BCUT2D eigenvalue weighted by Crippen LogP contribution is -2.47. The summed E-state index contributed by atoms with van der Waals surface area (Å²) < 4.78 is 7.13. The smallest absolute Gasteiger partial charge is 0.192 e. The Hall–Kier alpha value is -0.646. The summed E-state index contributed by atoms with van der Waals surface area (Å²) in [5.74, 6) is 1.46. The summed E-state index contributed by atoms with van der Waals surface area (Å²) in [7, 11) is -2.33. The van der Waals surface area contributed by atoms with Crippen LogP contribution in [-0.4, -0.2) is 23.2 Å². The van der Waals surface area contributed by atoms with Crippen LogP contribution < -0.4 is 5.19 Å². The van der Waals surface area contributed by atoms with Gasteiger partial charge in [0.05, 0.1) is 14.9 Å². The van der Waals surface area contributed by atoms with Crippen LogP contribution in [0.2, 0.25) is 30.7 Å². The third-order valence-corrected chi connectivity index (χ3v) is 14.9. The zero-order valence-corrected chi connectivity index (χ0v) is 22.5. The van der Waals surface area contributed by atoms with Gasteiger partial charge < -0.3 is 4.43 Å². The third-order valence-electron chi connectivity index (χ3n) is 8.02. The fourth-order valence-electron chi connectivity index (χ4n) is 5.07. The molecule has 0 amide bonds. The van der Waals surface area contributed by atoms with Gasteiger partial charge in [-0.05, 0) is 62.2 Å². The first kappa shape index (κ1) is 24.0. The number of hydrogen-bond acceptors (Lipinski definition) is 1. The second-order valence-electron chi connectivity index (χ2n) is 11.4. The Balaban J connectivity index is 1.84. The maximum Gasteiger partial charge on any atom is 0.192 e. The number of hydrogen-bond donors (Lipinski definition) is 0. The highest BCUT2D eigenvalue weighted by Crippen LogP contribution is 2.43. The van der Waals surface area contributed by atoms with E-state index in [-0.39, 0.29) is 5.04 Å². The molecule has 2 aliphatic carbocycles. The molecule has 0 bridgehead atoms. The highest BCUT2D eigenvalue weighted by atomic mass is 28.4. The van der Waals surface area contributed by atoms with Gasteiger partial charge in [0, 0.05) is 5.92 Å². The first-order valence-corrected chi connectivity index (χ1v) is 17.5. The molecule has 1 nitrogen and oxygen atoms in total. The third kappa shape index (κ3) is 6.20. The molecule has 2 saturated carbocycles. The van der Waals surface area contributed by atoms with E-state index in [0.717, 1.165) is 5.92 Å². The standard InChI is InChI=1S/C27H45OSi2/c1-27(2,3)30(5,6)28-26-19-13-16-23(20-22-14-9-7-10-15-22)25(26)21-29(4)24-17-11-8-12-18-24/h8,11-12,17-18,20,22,25-26H,7,9-10,13-16,19,21H2,1-6H3/b23-20+/t25-,26-/m0/s1. The predicted octanol–water partition coefficient (Wildman–Crippen LogP) is 7.72. The highest BCUT2D eigenvalue weighted by molar-refractivity contribution is 6.74. The highest BCUT2D eigenvalue weighted by Gasteiger charge is 2.42. The first-order valence-electron chi connectivity index (χ1n) is 12.4. The van der Waals surface area contributed by atoms with Crippen LogP contribution in [0.25, 0.3) is 0 Å². The zero-order chi connectivity index (χ0) is 21.8. The second kappa shape index (κ2) is 10.3. The lowest BCUT2D eigenvalue weighted by atomic mass is 9.79. The van der Waals surface area contributed by atoms with E-state index >= 15 is 0 Å². The second-order valence-corrected chi connectivity index (χ2v) is 18.7. The molecule has 0 N–H and O–H groups in total. The number of rotatable bonds is 6. The molecule has 3 rings (SSSR count). The summed E-state index contributed by atoms with van der Waals surface area (Å²) in [4.78, 5) is 0. The first-order chi connectivity index (χ1) is 14.2. The average molecular weight is 442 g/mol. The van der Waals surface area contributed by atoms with Crippen molar-refractivity contribution < 1.29 is 4.43 Å². The molecule has 0 aromatic heterocycles. The molecule has 1 aromatic rings. The largest absolute Gasteiger partial charge is 0.413 e. The summed E-state index contributed by atoms with van der Waals surface area (Å²) >= 11 is 0. The molecule has 2 aliphatic rings. The van der Waals surface area contributed by atoms with Gasteiger partial charge in [-0.25, -0.2) is 0 Å². The van der Waals surface area contributed by atoms with Crippen molar-refractivity contribution >= 4 is 22.3 Å². The number of allylic oxidation sites excluding steroid dienone is 1. The van der Waals surface area contributed by atoms with Crippen LogP contribution in [0.5, 0.6) is 0 Å². The van der Waals surface area contributed by atoms with Crippen molar-refractivity contribution in [3.05, 3.63) is 42.0 Å². The van der Waals surface area contributed by atoms with Crippen LogP contribution in [-0.2, 0) is 4.43 Å². The van der Waals surface area contributed by atoms with Crippen molar-refractivity contribution in [1.29, 1.82) is 0 Å². The maximum atomic E-state index is 7.13. The van der Waals surface area contributed by atoms with E-state index in [4.69, 9.17) is 4.43 Å². The monoisotopic (exact) mass is 441 g/mol. The Morgan fingerprint density at radius 1 is 1.00 bits per heavy atom. The van der Waals surface area contributed by atoms with Crippen LogP contribution in [0.3, 0.4) is 0 Å². The van der Waals surface area contributed by atoms with Gasteiger partial charge in [-0.15, -0.1) is 0 Å². The molecule has 2 fully saturated rings. The Bertz CT molecular complexity index is 683. The minimum Gasteiger partial charge on any atom is -0.413 e. The lowest BCUT2D eigenvalue weighted by Gasteiger charge is -2.44. The van der Waals surface area contributed by atoms with E-state index in [9.17, 15) is 0 Å². The van der Waals surface area contributed by atoms with Crippen molar-refractivity contribution in [2.75, 3.05) is 0 Å². The van der Waals surface area contributed by atoms with Gasteiger partial charge in [0.2, 0.25) is 0 Å². The quantitative estimate of drug-likeness (QED) is 0.324. The summed E-state index contributed by atoms with van der Waals surface area (Å²) in [6, 6.07) is 12.6. The summed E-state index contributed by atoms with van der Waals surface area (Å²) in [6.07, 6.45) is 14.2. The van der Waals surface area contributed by atoms with E-state index in [1.54, 1.807) is 10.8 Å². The van der Waals surface area contributed by atoms with Gasteiger partial charge in [-0.3, -0.25) is 0 Å². The molecular formula is C27H45OSi2. The van der Waals surface area contributed by atoms with Gasteiger partial charge in [0.25, 0.3) is 0 Å². The Labute approximate surface area is 189 Å². The maximum absolute atomic E-state index is 7.13. The Kier molecular flexibility index (Phi) is 8.25. The summed E-state index contributed by atoms with van der Waals surface area (Å²) in [6.45, 7) is 14.6. The molecular weight excluding hydrogens is 396 g/mol. The van der Waals surface area contributed by atoms with Crippen LogP contribution in [0, 0.1) is 11.8 Å². The van der Waals surface area contributed by atoms with Crippen molar-refractivity contribution in [3.63, 3.8) is 0 Å². The van der Waals surface area contributed by atoms with E-state index in [1.165, 1.54) is 57.4 Å². The minimum absolute atomic E-state index is 0.279. The molecule has 0 heterocycles. The zero-order valence-electron chi connectivity index (χ0n) is 20.5. The van der Waals surface area contributed by atoms with Crippen LogP contribution >= 0.6 is 0 Å². The van der Waals surface area contributed by atoms with Crippen LogP contribution in [0.4, 0.5) is 0 Å². The fraction of sp³-hybridized carbons (Fsp3) is 0.704. The normalized spacial score (nSPS) is 25.8. The van der Waals surface area contributed by atoms with Gasteiger partial charge in [-0.1, -0.05) is 93.7 Å². The summed E-state index contributed by atoms with van der Waals surface area (Å²) in [5, 5.41) is 1.86. The molecule has 167 valence electrons. The fourth-order valence-corrected chi connectivity index (χ4v) is 8.65. The Morgan fingerprint density at radius 2 is 1.67 bits per heavy atom. The van der Waals surface area contributed by atoms with Gasteiger partial charge in [0.15, 0.2) is 8.32 Å². The van der Waals surface area contributed by atoms with E-state index in [0.29, 0.717) is 12.0 Å². The van der Waals surface area contributed by atoms with Crippen LogP contribution in [0.15, 0.2) is 42.0 Å². The summed E-state index contributed by atoms with van der Waals surface area (Å²) in [5.41, 5.74) is 1.76. The SMILES string of the molecule is C[Si](C[C@H]1/C(=C/C2CCCCC2)CCC[C@@H]1O[Si](C)(C)C(C)(C)C)c1ccccc1. The van der Waals surface area contributed by atoms with Gasteiger partial charge >= 0.3 is 0 Å². The average Bonchev–Trinajstić information content (AvgIpc) is 2.70. The van der Waals surface area contributed by atoms with Crippen molar-refractivity contribution in [2.45, 2.75) is 109 Å². The molecule has 0 spiro atoms. The van der Waals surface area contributed by atoms with Crippen LogP contribution in [0.1, 0.15) is 72.1 Å². The molecule has 3 heteroatoms. The molecule has 0 unspecified atom stereocenters. The Morgan fingerprint density at radius 3 is 2.30 bits per heavy atom. The van der Waals surface area contributed by atoms with Crippen molar-refractivity contribution in [1.82, 2.24) is 0 Å². The topological polar surface area (TPSA) is 9.23 Å². The van der Waals surface area contributed by atoms with Crippen molar-refractivity contribution in [2.24, 2.45) is 11.8 Å².